The van der Waals surface area contributed by atoms with Gasteiger partial charge < -0.3 is 24.2 Å². The van der Waals surface area contributed by atoms with Crippen molar-refractivity contribution in [2.75, 3.05) is 25.1 Å². The molecule has 1 saturated heterocycles. The Bertz CT molecular complexity index is 824. The normalized spacial score (nSPS) is 15.9. The molecular weight excluding hydrogens is 418 g/mol. The van der Waals surface area contributed by atoms with Crippen molar-refractivity contribution in [2.24, 2.45) is 11.1 Å². The topological polar surface area (TPSA) is 146 Å². The highest BCUT2D eigenvalue weighted by atomic mass is 32.1. The van der Waals surface area contributed by atoms with E-state index in [1.807, 2.05) is 13.8 Å². The summed E-state index contributed by atoms with van der Waals surface area (Å²) in [5, 5.41) is 17.0. The summed E-state index contributed by atoms with van der Waals surface area (Å²) >= 11 is 0.981. The van der Waals surface area contributed by atoms with Gasteiger partial charge in [0.1, 0.15) is 24.5 Å². The number of nitrogens with zero attached hydrogens (tertiary/aromatic N) is 2. The average molecular weight is 443 g/mol. The maximum Gasteiger partial charge on any atom is 0.413 e. The van der Waals surface area contributed by atoms with Crippen molar-refractivity contribution < 1.29 is 38.5 Å². The molecule has 166 valence electrons. The third kappa shape index (κ3) is 6.39. The quantitative estimate of drug-likeness (QED) is 0.351. The standard InChI is InChI=1S/C18H25N3O8S/c1-10(2)6-27-14(24)18(8-26-9-18)29-21-12(13(22)23)11-7-30-15(19-11)20-16(25)28-17(3,4)5/h7,10H,6,8-9H2,1-5H3,(H,22,23)(H,19,20,25)/b21-12-. The number of aromatic nitrogens is 1. The number of nitrogens with one attached hydrogen (secondary N) is 1. The smallest absolute Gasteiger partial charge is 0.413 e. The van der Waals surface area contributed by atoms with Crippen LogP contribution in [0.4, 0.5) is 9.93 Å². The Morgan fingerprint density at radius 1 is 1.37 bits per heavy atom. The fourth-order valence-electron chi connectivity index (χ4n) is 2.03. The van der Waals surface area contributed by atoms with E-state index < -0.39 is 34.9 Å². The van der Waals surface area contributed by atoms with Gasteiger partial charge in [-0.15, -0.1) is 11.3 Å². The fourth-order valence-corrected chi connectivity index (χ4v) is 2.71. The first-order valence-electron chi connectivity index (χ1n) is 9.12. The molecule has 0 atom stereocenters. The summed E-state index contributed by atoms with van der Waals surface area (Å²) in [6, 6.07) is 0. The summed E-state index contributed by atoms with van der Waals surface area (Å²) in [5.41, 5.74) is -2.78. The van der Waals surface area contributed by atoms with Gasteiger partial charge in [-0.2, -0.15) is 0 Å². The predicted octanol–water partition coefficient (Wildman–Crippen LogP) is 2.26. The highest BCUT2D eigenvalue weighted by Crippen LogP contribution is 2.25. The molecule has 1 aromatic heterocycles. The molecule has 2 heterocycles. The first kappa shape index (κ1) is 23.5. The van der Waals surface area contributed by atoms with Gasteiger partial charge in [0.15, 0.2) is 5.13 Å². The minimum absolute atomic E-state index is 0.0514. The van der Waals surface area contributed by atoms with Crippen LogP contribution >= 0.6 is 11.3 Å². The van der Waals surface area contributed by atoms with E-state index in [9.17, 15) is 19.5 Å². The lowest BCUT2D eigenvalue weighted by molar-refractivity contribution is -0.229. The van der Waals surface area contributed by atoms with E-state index in [0.29, 0.717) is 0 Å². The molecule has 1 fully saturated rings. The second-order valence-electron chi connectivity index (χ2n) is 7.98. The second kappa shape index (κ2) is 9.39. The van der Waals surface area contributed by atoms with Gasteiger partial charge in [-0.3, -0.25) is 5.32 Å². The molecule has 0 bridgehead atoms. The Hall–Kier alpha value is -2.73. The number of oxime groups is 1. The van der Waals surface area contributed by atoms with E-state index in [4.69, 9.17) is 19.0 Å². The van der Waals surface area contributed by atoms with Crippen molar-refractivity contribution in [3.63, 3.8) is 0 Å². The lowest BCUT2D eigenvalue weighted by atomic mass is 10.0. The van der Waals surface area contributed by atoms with Crippen LogP contribution in [-0.2, 0) is 28.6 Å². The van der Waals surface area contributed by atoms with Crippen LogP contribution in [0.2, 0.25) is 0 Å². The van der Waals surface area contributed by atoms with E-state index in [1.54, 1.807) is 20.8 Å². The lowest BCUT2D eigenvalue weighted by Crippen LogP contribution is -2.58. The van der Waals surface area contributed by atoms with E-state index in [-0.39, 0.29) is 36.6 Å². The number of rotatable bonds is 8. The Morgan fingerprint density at radius 3 is 2.53 bits per heavy atom. The van der Waals surface area contributed by atoms with Crippen molar-refractivity contribution in [2.45, 2.75) is 45.8 Å². The summed E-state index contributed by atoms with van der Waals surface area (Å²) in [5.74, 6) is -1.98. The van der Waals surface area contributed by atoms with Crippen LogP contribution in [-0.4, -0.2) is 64.9 Å². The minimum atomic E-state index is -1.50. The first-order valence-corrected chi connectivity index (χ1v) is 10.0. The molecule has 1 amide bonds. The maximum absolute atomic E-state index is 12.3. The number of carbonyl (C=O) groups is 3. The van der Waals surface area contributed by atoms with Gasteiger partial charge >= 0.3 is 18.0 Å². The number of anilines is 1. The number of carboxylic acid groups (broad SMARTS) is 1. The third-order valence-electron chi connectivity index (χ3n) is 3.46. The molecule has 0 radical (unpaired) electrons. The van der Waals surface area contributed by atoms with E-state index in [2.05, 4.69) is 15.5 Å². The number of aliphatic carboxylic acids is 1. The van der Waals surface area contributed by atoms with E-state index >= 15 is 0 Å². The number of carbonyl (C=O) groups excluding carboxylic acids is 2. The minimum Gasteiger partial charge on any atom is -0.476 e. The molecule has 0 aliphatic carbocycles. The third-order valence-corrected chi connectivity index (χ3v) is 4.22. The van der Waals surface area contributed by atoms with Gasteiger partial charge in [0, 0.05) is 5.38 Å². The summed E-state index contributed by atoms with van der Waals surface area (Å²) in [4.78, 5) is 45.0. The Morgan fingerprint density at radius 2 is 2.03 bits per heavy atom. The highest BCUT2D eigenvalue weighted by Gasteiger charge is 2.51. The van der Waals surface area contributed by atoms with Gasteiger partial charge in [0.2, 0.25) is 5.71 Å². The van der Waals surface area contributed by atoms with Gasteiger partial charge in [0.05, 0.1) is 6.61 Å². The zero-order valence-corrected chi connectivity index (χ0v) is 18.2. The molecule has 0 spiro atoms. The van der Waals surface area contributed by atoms with Crippen LogP contribution in [0.3, 0.4) is 0 Å². The largest absolute Gasteiger partial charge is 0.476 e. The first-order chi connectivity index (χ1) is 13.9. The molecule has 0 saturated carbocycles. The van der Waals surface area contributed by atoms with Crippen LogP contribution in [0.1, 0.15) is 40.3 Å². The maximum atomic E-state index is 12.3. The van der Waals surface area contributed by atoms with Crippen LogP contribution < -0.4 is 5.32 Å². The van der Waals surface area contributed by atoms with Gasteiger partial charge in [0.25, 0.3) is 5.60 Å². The number of carboxylic acids is 1. The number of hydrogen-bond donors (Lipinski definition) is 2. The van der Waals surface area contributed by atoms with Crippen molar-refractivity contribution in [1.82, 2.24) is 4.98 Å². The number of hydrogen-bond acceptors (Lipinski definition) is 10. The molecule has 2 N–H and O–H groups in total. The zero-order valence-electron chi connectivity index (χ0n) is 17.4. The summed E-state index contributed by atoms with van der Waals surface area (Å²) in [6.45, 7) is 8.85. The van der Waals surface area contributed by atoms with E-state index in [0.717, 1.165) is 11.3 Å². The predicted molar refractivity (Wildman–Crippen MR) is 107 cm³/mol. The summed E-state index contributed by atoms with van der Waals surface area (Å²) < 4.78 is 15.3. The Kier molecular flexibility index (Phi) is 7.37. The SMILES string of the molecule is CC(C)COC(=O)C1(O/N=C(\C(=O)O)c2csc(NC(=O)OC(C)(C)C)n2)COC1. The molecule has 1 aromatic rings. The highest BCUT2D eigenvalue weighted by molar-refractivity contribution is 7.14. The van der Waals surface area contributed by atoms with Crippen molar-refractivity contribution in [3.05, 3.63) is 11.1 Å². The van der Waals surface area contributed by atoms with Crippen molar-refractivity contribution in [1.29, 1.82) is 0 Å². The molecule has 0 unspecified atom stereocenters. The van der Waals surface area contributed by atoms with Crippen LogP contribution in [0.25, 0.3) is 0 Å². The lowest BCUT2D eigenvalue weighted by Gasteiger charge is -2.36. The number of thiazole rings is 1. The summed E-state index contributed by atoms with van der Waals surface area (Å²) in [6.07, 6.45) is -0.730. The van der Waals surface area contributed by atoms with Crippen LogP contribution in [0, 0.1) is 5.92 Å². The van der Waals surface area contributed by atoms with Gasteiger partial charge in [-0.25, -0.2) is 19.4 Å². The molecule has 2 rings (SSSR count). The number of amides is 1. The van der Waals surface area contributed by atoms with Crippen LogP contribution in [0.5, 0.6) is 0 Å². The zero-order chi connectivity index (χ0) is 22.5. The van der Waals surface area contributed by atoms with E-state index in [1.165, 1.54) is 5.38 Å². The molecule has 12 heteroatoms. The number of ether oxygens (including phenoxy) is 3. The molecule has 1 aliphatic heterocycles. The molecule has 30 heavy (non-hydrogen) atoms. The second-order valence-corrected chi connectivity index (χ2v) is 8.84. The Labute approximate surface area is 177 Å². The van der Waals surface area contributed by atoms with Gasteiger partial charge in [-0.05, 0) is 26.7 Å². The molecule has 0 aromatic carbocycles. The fraction of sp³-hybridized carbons (Fsp3) is 0.611. The number of esters is 1. The summed E-state index contributed by atoms with van der Waals surface area (Å²) in [7, 11) is 0. The Balaban J connectivity index is 2.11. The molecular formula is C18H25N3O8S. The molecule has 11 nitrogen and oxygen atoms in total. The monoisotopic (exact) mass is 443 g/mol. The van der Waals surface area contributed by atoms with Gasteiger partial charge in [-0.1, -0.05) is 19.0 Å². The van der Waals surface area contributed by atoms with Crippen molar-refractivity contribution >= 4 is 40.2 Å². The molecule has 1 aliphatic rings. The van der Waals surface area contributed by atoms with Crippen molar-refractivity contribution in [3.8, 4) is 0 Å². The van der Waals surface area contributed by atoms with Crippen LogP contribution in [0.15, 0.2) is 10.5 Å². The average Bonchev–Trinajstić information content (AvgIpc) is 3.00.